The van der Waals surface area contributed by atoms with Crippen molar-refractivity contribution in [1.29, 1.82) is 0 Å². The summed E-state index contributed by atoms with van der Waals surface area (Å²) in [7, 11) is 5.39. The molecule has 0 aromatic carbocycles. The quantitative estimate of drug-likeness (QED) is 0.732. The minimum absolute atomic E-state index is 0.139. The lowest BCUT2D eigenvalue weighted by Crippen LogP contribution is -2.29. The predicted molar refractivity (Wildman–Crippen MR) is 76.8 cm³/mol. The van der Waals surface area contributed by atoms with E-state index in [2.05, 4.69) is 4.98 Å². The number of aromatic nitrogens is 1. The Labute approximate surface area is 119 Å². The molecule has 110 valence electrons. The smallest absolute Gasteiger partial charge is 0.307 e. The molecule has 20 heavy (non-hydrogen) atoms. The van der Waals surface area contributed by atoms with E-state index in [4.69, 9.17) is 4.74 Å². The first kappa shape index (κ1) is 15.9. The predicted octanol–water partition coefficient (Wildman–Crippen LogP) is 1.17. The van der Waals surface area contributed by atoms with Crippen molar-refractivity contribution in [2.75, 3.05) is 39.2 Å². The van der Waals surface area contributed by atoms with Gasteiger partial charge in [0.15, 0.2) is 0 Å². The first-order chi connectivity index (χ1) is 9.45. The van der Waals surface area contributed by atoms with E-state index < -0.39 is 0 Å². The van der Waals surface area contributed by atoms with Crippen LogP contribution in [0.2, 0.25) is 0 Å². The maximum atomic E-state index is 12.2. The number of rotatable bonds is 6. The Kier molecular flexibility index (Phi) is 5.96. The lowest BCUT2D eigenvalue weighted by atomic mass is 10.2. The summed E-state index contributed by atoms with van der Waals surface area (Å²) in [4.78, 5) is 31.0. The molecule has 6 nitrogen and oxygen atoms in total. The first-order valence-electron chi connectivity index (χ1n) is 6.50. The minimum atomic E-state index is -0.296. The summed E-state index contributed by atoms with van der Waals surface area (Å²) < 4.78 is 4.83. The maximum Gasteiger partial charge on any atom is 0.307 e. The van der Waals surface area contributed by atoms with Crippen LogP contribution in [0.4, 0.5) is 5.82 Å². The Hall–Kier alpha value is -2.11. The monoisotopic (exact) mass is 279 g/mol. The molecule has 0 atom stereocenters. The summed E-state index contributed by atoms with van der Waals surface area (Å²) in [6.45, 7) is 2.44. The van der Waals surface area contributed by atoms with Gasteiger partial charge in [-0.05, 0) is 19.1 Å². The fourth-order valence-corrected chi connectivity index (χ4v) is 1.61. The lowest BCUT2D eigenvalue weighted by Gasteiger charge is -2.18. The number of ether oxygens (including phenoxy) is 1. The van der Waals surface area contributed by atoms with Gasteiger partial charge >= 0.3 is 5.97 Å². The second-order valence-corrected chi connectivity index (χ2v) is 4.58. The molecular formula is C14H21N3O3. The van der Waals surface area contributed by atoms with Crippen LogP contribution in [0.3, 0.4) is 0 Å². The third-order valence-corrected chi connectivity index (χ3v) is 2.75. The van der Waals surface area contributed by atoms with Crippen molar-refractivity contribution in [2.45, 2.75) is 13.3 Å². The molecule has 0 aliphatic heterocycles. The largest absolute Gasteiger partial charge is 0.466 e. The molecule has 0 N–H and O–H groups in total. The molecule has 0 aliphatic carbocycles. The van der Waals surface area contributed by atoms with Gasteiger partial charge in [-0.3, -0.25) is 9.59 Å². The second-order valence-electron chi connectivity index (χ2n) is 4.58. The van der Waals surface area contributed by atoms with E-state index in [0.29, 0.717) is 18.7 Å². The van der Waals surface area contributed by atoms with Crippen molar-refractivity contribution >= 4 is 17.7 Å². The van der Waals surface area contributed by atoms with Gasteiger partial charge in [0.2, 0.25) is 0 Å². The van der Waals surface area contributed by atoms with E-state index in [1.807, 2.05) is 19.0 Å². The van der Waals surface area contributed by atoms with Gasteiger partial charge in [-0.2, -0.15) is 0 Å². The van der Waals surface area contributed by atoms with Crippen LogP contribution in [-0.4, -0.2) is 56.1 Å². The topological polar surface area (TPSA) is 62.7 Å². The van der Waals surface area contributed by atoms with Crippen LogP contribution >= 0.6 is 0 Å². The molecule has 1 aromatic heterocycles. The van der Waals surface area contributed by atoms with Crippen LogP contribution < -0.4 is 4.90 Å². The van der Waals surface area contributed by atoms with E-state index in [0.717, 1.165) is 5.82 Å². The van der Waals surface area contributed by atoms with E-state index in [-0.39, 0.29) is 18.3 Å². The van der Waals surface area contributed by atoms with Gasteiger partial charge in [0.05, 0.1) is 13.0 Å². The zero-order chi connectivity index (χ0) is 15.1. The molecule has 0 spiro atoms. The second kappa shape index (κ2) is 7.47. The molecule has 6 heteroatoms. The number of amides is 1. The van der Waals surface area contributed by atoms with Crippen LogP contribution in [-0.2, 0) is 9.53 Å². The highest BCUT2D eigenvalue weighted by Gasteiger charge is 2.14. The Balaban J connectivity index is 2.64. The SMILES string of the molecule is CCOC(=O)CCN(C)C(=O)c1ccnc(N(C)C)c1. The van der Waals surface area contributed by atoms with E-state index in [1.165, 1.54) is 4.90 Å². The van der Waals surface area contributed by atoms with Gasteiger partial charge in [-0.25, -0.2) is 4.98 Å². The zero-order valence-electron chi connectivity index (χ0n) is 12.4. The highest BCUT2D eigenvalue weighted by molar-refractivity contribution is 5.94. The molecule has 0 fully saturated rings. The summed E-state index contributed by atoms with van der Waals surface area (Å²) in [6.07, 6.45) is 1.80. The molecular weight excluding hydrogens is 258 g/mol. The molecule has 0 radical (unpaired) electrons. The maximum absolute atomic E-state index is 12.2. The number of esters is 1. The van der Waals surface area contributed by atoms with Crippen LogP contribution in [0.25, 0.3) is 0 Å². The summed E-state index contributed by atoms with van der Waals surface area (Å²) in [5.74, 6) is 0.283. The number of carbonyl (C=O) groups is 2. The number of hydrogen-bond acceptors (Lipinski definition) is 5. The van der Waals surface area contributed by atoms with Crippen LogP contribution in [0.1, 0.15) is 23.7 Å². The van der Waals surface area contributed by atoms with Crippen molar-refractivity contribution < 1.29 is 14.3 Å². The summed E-state index contributed by atoms with van der Waals surface area (Å²) >= 11 is 0. The molecule has 1 aromatic rings. The van der Waals surface area contributed by atoms with Crippen molar-refractivity contribution in [1.82, 2.24) is 9.88 Å². The lowest BCUT2D eigenvalue weighted by molar-refractivity contribution is -0.143. The first-order valence-corrected chi connectivity index (χ1v) is 6.50. The number of anilines is 1. The Morgan fingerprint density at radius 1 is 1.30 bits per heavy atom. The van der Waals surface area contributed by atoms with Crippen molar-refractivity contribution in [3.05, 3.63) is 23.9 Å². The van der Waals surface area contributed by atoms with Crippen LogP contribution in [0.15, 0.2) is 18.3 Å². The van der Waals surface area contributed by atoms with E-state index >= 15 is 0 Å². The molecule has 0 saturated heterocycles. The summed E-state index contributed by atoms with van der Waals surface area (Å²) in [6, 6.07) is 3.39. The van der Waals surface area contributed by atoms with Crippen molar-refractivity contribution in [3.63, 3.8) is 0 Å². The number of carbonyl (C=O) groups excluding carboxylic acids is 2. The number of nitrogens with zero attached hydrogens (tertiary/aromatic N) is 3. The number of hydrogen-bond donors (Lipinski definition) is 0. The molecule has 1 amide bonds. The number of pyridine rings is 1. The van der Waals surface area contributed by atoms with Gasteiger partial charge in [0, 0.05) is 39.4 Å². The van der Waals surface area contributed by atoms with Gasteiger partial charge in [0.1, 0.15) is 5.82 Å². The van der Waals surface area contributed by atoms with E-state index in [9.17, 15) is 9.59 Å². The highest BCUT2D eigenvalue weighted by Crippen LogP contribution is 2.11. The standard InChI is InChI=1S/C14H21N3O3/c1-5-20-13(18)7-9-17(4)14(19)11-6-8-15-12(10-11)16(2)3/h6,8,10H,5,7,9H2,1-4H3. The summed E-state index contributed by atoms with van der Waals surface area (Å²) in [5.41, 5.74) is 0.551. The molecule has 0 bridgehead atoms. The molecule has 0 unspecified atom stereocenters. The van der Waals surface area contributed by atoms with Crippen molar-refractivity contribution in [3.8, 4) is 0 Å². The average molecular weight is 279 g/mol. The van der Waals surface area contributed by atoms with Crippen molar-refractivity contribution in [2.24, 2.45) is 0 Å². The Bertz CT molecular complexity index is 474. The molecule has 0 aliphatic rings. The summed E-state index contributed by atoms with van der Waals surface area (Å²) in [5, 5.41) is 0. The molecule has 1 rings (SSSR count). The Morgan fingerprint density at radius 3 is 2.60 bits per heavy atom. The third kappa shape index (κ3) is 4.53. The van der Waals surface area contributed by atoms with Gasteiger partial charge in [0.25, 0.3) is 5.91 Å². The fourth-order valence-electron chi connectivity index (χ4n) is 1.61. The van der Waals surface area contributed by atoms with Gasteiger partial charge in [-0.1, -0.05) is 0 Å². The van der Waals surface area contributed by atoms with E-state index in [1.54, 1.807) is 32.3 Å². The average Bonchev–Trinajstić information content (AvgIpc) is 2.44. The molecule has 1 heterocycles. The van der Waals surface area contributed by atoms with Gasteiger partial charge in [-0.15, -0.1) is 0 Å². The van der Waals surface area contributed by atoms with Crippen LogP contribution in [0, 0.1) is 0 Å². The Morgan fingerprint density at radius 2 is 2.00 bits per heavy atom. The fraction of sp³-hybridized carbons (Fsp3) is 0.500. The third-order valence-electron chi connectivity index (χ3n) is 2.75. The zero-order valence-corrected chi connectivity index (χ0v) is 12.4. The normalized spacial score (nSPS) is 10.0. The van der Waals surface area contributed by atoms with Crippen LogP contribution in [0.5, 0.6) is 0 Å². The minimum Gasteiger partial charge on any atom is -0.466 e. The highest BCUT2D eigenvalue weighted by atomic mass is 16.5. The van der Waals surface area contributed by atoms with Gasteiger partial charge < -0.3 is 14.5 Å². The molecule has 0 saturated carbocycles.